The summed E-state index contributed by atoms with van der Waals surface area (Å²) in [5.41, 5.74) is 2.48. The van der Waals surface area contributed by atoms with Gasteiger partial charge in [0, 0.05) is 11.9 Å². The van der Waals surface area contributed by atoms with Gasteiger partial charge in [-0.05, 0) is 48.4 Å². The monoisotopic (exact) mass is 458 g/mol. The zero-order chi connectivity index (χ0) is 23.3. The highest BCUT2D eigenvalue weighted by Crippen LogP contribution is 2.30. The van der Waals surface area contributed by atoms with E-state index in [1.54, 1.807) is 30.5 Å². The number of pyridine rings is 1. The molecule has 1 aliphatic rings. The maximum atomic E-state index is 12.8. The Kier molecular flexibility index (Phi) is 6.11. The summed E-state index contributed by atoms with van der Waals surface area (Å²) in [5, 5.41) is 3.41. The number of rotatable bonds is 7. The molecule has 5 rings (SSSR count). The molecule has 1 N–H and O–H groups in total. The van der Waals surface area contributed by atoms with Gasteiger partial charge in [-0.15, -0.1) is 0 Å². The average molecular weight is 458 g/mol. The maximum absolute atomic E-state index is 12.8. The van der Waals surface area contributed by atoms with Crippen molar-refractivity contribution in [2.45, 2.75) is 6.42 Å². The molecule has 34 heavy (non-hydrogen) atoms. The topological polar surface area (TPSA) is 99.9 Å². The van der Waals surface area contributed by atoms with Crippen LogP contribution >= 0.6 is 0 Å². The van der Waals surface area contributed by atoms with Crippen molar-refractivity contribution in [2.75, 3.05) is 26.4 Å². The number of fused-ring (bicyclic) bond motifs is 2. The highest BCUT2D eigenvalue weighted by molar-refractivity contribution is 6.05. The van der Waals surface area contributed by atoms with Gasteiger partial charge >= 0.3 is 5.97 Å². The number of carbonyl (C=O) groups is 2. The van der Waals surface area contributed by atoms with Crippen molar-refractivity contribution >= 4 is 22.8 Å². The molecule has 8 heteroatoms. The van der Waals surface area contributed by atoms with E-state index in [4.69, 9.17) is 18.6 Å². The molecule has 0 atom stereocenters. The zero-order valence-electron chi connectivity index (χ0n) is 18.3. The molecule has 2 aromatic carbocycles. The molecular weight excluding hydrogens is 436 g/mol. The summed E-state index contributed by atoms with van der Waals surface area (Å²) in [6.07, 6.45) is 2.15. The second-order valence-electron chi connectivity index (χ2n) is 7.70. The number of hydrogen-bond acceptors (Lipinski definition) is 7. The minimum atomic E-state index is -0.603. The summed E-state index contributed by atoms with van der Waals surface area (Å²) in [5.74, 6) is 0.993. The Morgan fingerprint density at radius 2 is 1.82 bits per heavy atom. The Morgan fingerprint density at radius 3 is 2.68 bits per heavy atom. The number of hydrogen-bond donors (Lipinski definition) is 1. The molecule has 0 bridgehead atoms. The Hall–Kier alpha value is -4.33. The first kappa shape index (κ1) is 21.5. The number of para-hydroxylation sites is 1. The number of furan rings is 1. The number of ether oxygens (including phenoxy) is 3. The van der Waals surface area contributed by atoms with Crippen molar-refractivity contribution in [3.63, 3.8) is 0 Å². The first-order valence-corrected chi connectivity index (χ1v) is 10.9. The van der Waals surface area contributed by atoms with Crippen LogP contribution in [0.25, 0.3) is 22.4 Å². The summed E-state index contributed by atoms with van der Waals surface area (Å²) < 4.78 is 21.8. The molecule has 1 amide bonds. The van der Waals surface area contributed by atoms with Crippen LogP contribution in [0.15, 0.2) is 71.3 Å². The quantitative estimate of drug-likeness (QED) is 0.421. The Labute approximate surface area is 195 Å². The molecule has 172 valence electrons. The third kappa shape index (κ3) is 4.71. The molecule has 0 saturated carbocycles. The molecule has 0 saturated heterocycles. The smallest absolute Gasteiger partial charge is 0.339 e. The lowest BCUT2D eigenvalue weighted by Gasteiger charge is -2.18. The van der Waals surface area contributed by atoms with Crippen molar-refractivity contribution in [3.8, 4) is 23.0 Å². The van der Waals surface area contributed by atoms with Gasteiger partial charge in [-0.2, -0.15) is 0 Å². The number of nitrogens with one attached hydrogen (secondary N) is 1. The van der Waals surface area contributed by atoms with Gasteiger partial charge in [0.15, 0.2) is 23.9 Å². The van der Waals surface area contributed by atoms with E-state index in [1.807, 2.05) is 36.4 Å². The van der Waals surface area contributed by atoms with E-state index in [-0.39, 0.29) is 12.5 Å². The molecule has 0 radical (unpaired) electrons. The van der Waals surface area contributed by atoms with Crippen molar-refractivity contribution in [1.82, 2.24) is 10.3 Å². The van der Waals surface area contributed by atoms with E-state index in [0.717, 1.165) is 11.3 Å². The fourth-order valence-corrected chi connectivity index (χ4v) is 3.74. The third-order valence-corrected chi connectivity index (χ3v) is 5.39. The number of benzene rings is 2. The number of carbonyl (C=O) groups excluding carboxylic acids is 2. The van der Waals surface area contributed by atoms with Crippen LogP contribution < -0.4 is 14.8 Å². The van der Waals surface area contributed by atoms with Crippen LogP contribution in [-0.2, 0) is 16.0 Å². The van der Waals surface area contributed by atoms with Gasteiger partial charge in [-0.1, -0.05) is 24.3 Å². The number of amides is 1. The molecule has 0 unspecified atom stereocenters. The van der Waals surface area contributed by atoms with E-state index in [9.17, 15) is 9.59 Å². The van der Waals surface area contributed by atoms with Crippen LogP contribution in [0.1, 0.15) is 15.9 Å². The molecule has 2 aromatic heterocycles. The highest BCUT2D eigenvalue weighted by Gasteiger charge is 2.17. The Morgan fingerprint density at radius 1 is 0.971 bits per heavy atom. The van der Waals surface area contributed by atoms with Crippen LogP contribution in [0, 0.1) is 0 Å². The Bertz CT molecular complexity index is 1330. The van der Waals surface area contributed by atoms with E-state index in [1.165, 1.54) is 0 Å². The molecule has 8 nitrogen and oxygen atoms in total. The summed E-state index contributed by atoms with van der Waals surface area (Å²) in [4.78, 5) is 29.6. The second-order valence-corrected chi connectivity index (χ2v) is 7.70. The van der Waals surface area contributed by atoms with Gasteiger partial charge in [0.1, 0.15) is 18.9 Å². The molecule has 0 aliphatic carbocycles. The van der Waals surface area contributed by atoms with Crippen molar-refractivity contribution in [1.29, 1.82) is 0 Å². The second kappa shape index (κ2) is 9.66. The maximum Gasteiger partial charge on any atom is 0.339 e. The summed E-state index contributed by atoms with van der Waals surface area (Å²) >= 11 is 0. The fourth-order valence-electron chi connectivity index (χ4n) is 3.74. The molecule has 0 fully saturated rings. The molecular formula is C26H22N2O6. The first-order valence-electron chi connectivity index (χ1n) is 10.9. The summed E-state index contributed by atoms with van der Waals surface area (Å²) in [6.45, 7) is 1.08. The minimum Gasteiger partial charge on any atom is -0.486 e. The van der Waals surface area contributed by atoms with E-state index >= 15 is 0 Å². The molecule has 3 heterocycles. The highest BCUT2D eigenvalue weighted by atomic mass is 16.6. The number of esters is 1. The number of nitrogens with zero attached hydrogens (tertiary/aromatic N) is 1. The van der Waals surface area contributed by atoms with Crippen molar-refractivity contribution in [2.24, 2.45) is 0 Å². The van der Waals surface area contributed by atoms with Crippen LogP contribution in [0.4, 0.5) is 0 Å². The standard InChI is InChI=1S/C26H22N2O6/c29-25(27-10-9-17-7-8-23-24(14-17)33-13-12-32-23)16-34-26(30)19-15-21(22-6-3-11-31-22)28-20-5-2-1-4-18(19)20/h1-8,11,14-15H,9-10,12-13,16H2,(H,27,29). The van der Waals surface area contributed by atoms with Gasteiger partial charge in [0.2, 0.25) is 0 Å². The predicted molar refractivity (Wildman–Crippen MR) is 124 cm³/mol. The van der Waals surface area contributed by atoms with E-state index < -0.39 is 5.97 Å². The van der Waals surface area contributed by atoms with Crippen LogP contribution in [0.2, 0.25) is 0 Å². The molecule has 1 aliphatic heterocycles. The lowest BCUT2D eigenvalue weighted by molar-refractivity contribution is -0.124. The summed E-state index contributed by atoms with van der Waals surface area (Å²) in [7, 11) is 0. The van der Waals surface area contributed by atoms with Crippen molar-refractivity contribution < 1.29 is 28.2 Å². The lowest BCUT2D eigenvalue weighted by Crippen LogP contribution is -2.30. The van der Waals surface area contributed by atoms with E-state index in [0.29, 0.717) is 59.8 Å². The SMILES string of the molecule is O=C(COC(=O)c1cc(-c2ccco2)nc2ccccc12)NCCc1ccc2c(c1)OCCO2. The van der Waals surface area contributed by atoms with E-state index in [2.05, 4.69) is 10.3 Å². The third-order valence-electron chi connectivity index (χ3n) is 5.39. The van der Waals surface area contributed by atoms with Crippen LogP contribution in [-0.4, -0.2) is 43.2 Å². The normalized spacial score (nSPS) is 12.4. The predicted octanol–water partition coefficient (Wildman–Crippen LogP) is 3.78. The fraction of sp³-hybridized carbons (Fsp3) is 0.192. The van der Waals surface area contributed by atoms with Crippen LogP contribution in [0.5, 0.6) is 11.5 Å². The van der Waals surface area contributed by atoms with Gasteiger partial charge in [0.25, 0.3) is 5.91 Å². The van der Waals surface area contributed by atoms with Gasteiger partial charge in [-0.25, -0.2) is 9.78 Å². The number of aromatic nitrogens is 1. The largest absolute Gasteiger partial charge is 0.486 e. The summed E-state index contributed by atoms with van der Waals surface area (Å²) in [6, 6.07) is 18.1. The van der Waals surface area contributed by atoms with Gasteiger partial charge < -0.3 is 23.9 Å². The minimum absolute atomic E-state index is 0.320. The van der Waals surface area contributed by atoms with Gasteiger partial charge in [0.05, 0.1) is 17.3 Å². The average Bonchev–Trinajstić information content (AvgIpc) is 3.42. The zero-order valence-corrected chi connectivity index (χ0v) is 18.3. The van der Waals surface area contributed by atoms with Gasteiger partial charge in [-0.3, -0.25) is 4.79 Å². The lowest BCUT2D eigenvalue weighted by atomic mass is 10.1. The van der Waals surface area contributed by atoms with Crippen LogP contribution in [0.3, 0.4) is 0 Å². The molecule has 0 spiro atoms. The van der Waals surface area contributed by atoms with Crippen molar-refractivity contribution in [3.05, 3.63) is 78.1 Å². The molecule has 4 aromatic rings. The Balaban J connectivity index is 1.19. The first-order chi connectivity index (χ1) is 16.7.